The summed E-state index contributed by atoms with van der Waals surface area (Å²) in [6.07, 6.45) is 5.17. The molecule has 0 bridgehead atoms. The van der Waals surface area contributed by atoms with Gasteiger partial charge in [0.25, 0.3) is 0 Å². The highest BCUT2D eigenvalue weighted by molar-refractivity contribution is 6.30. The Morgan fingerprint density at radius 3 is 2.62 bits per heavy atom. The number of carbonyl (C=O) groups excluding carboxylic acids is 1. The first-order valence-electron chi connectivity index (χ1n) is 10.6. The largest absolute Gasteiger partial charge is 0.444 e. The third-order valence-electron chi connectivity index (χ3n) is 5.02. The van der Waals surface area contributed by atoms with E-state index in [1.807, 2.05) is 57.2 Å². The van der Waals surface area contributed by atoms with Crippen LogP contribution in [0.25, 0.3) is 11.4 Å². The summed E-state index contributed by atoms with van der Waals surface area (Å²) in [5.74, 6) is 1.33. The molecule has 0 saturated heterocycles. The predicted octanol–water partition coefficient (Wildman–Crippen LogP) is 5.32. The molecule has 2 heterocycles. The minimum absolute atomic E-state index is 0.0593. The van der Waals surface area contributed by atoms with Gasteiger partial charge in [0.2, 0.25) is 0 Å². The van der Waals surface area contributed by atoms with Crippen molar-refractivity contribution in [3.63, 3.8) is 0 Å². The summed E-state index contributed by atoms with van der Waals surface area (Å²) in [6.45, 7) is 5.56. The van der Waals surface area contributed by atoms with Crippen LogP contribution in [-0.4, -0.2) is 32.7 Å². The Morgan fingerprint density at radius 2 is 1.94 bits per heavy atom. The second-order valence-corrected chi connectivity index (χ2v) is 9.22. The lowest BCUT2D eigenvalue weighted by Gasteiger charge is -2.28. The zero-order chi connectivity index (χ0) is 22.7. The number of carbonyl (C=O) groups is 1. The molecule has 1 aliphatic rings. The van der Waals surface area contributed by atoms with Crippen LogP contribution in [0.4, 0.5) is 16.3 Å². The van der Waals surface area contributed by atoms with Crippen molar-refractivity contribution >= 4 is 29.2 Å². The van der Waals surface area contributed by atoms with Gasteiger partial charge in [0.1, 0.15) is 11.4 Å². The number of aromatic nitrogens is 3. The van der Waals surface area contributed by atoms with Crippen LogP contribution in [0.2, 0.25) is 5.02 Å². The number of amides is 1. The van der Waals surface area contributed by atoms with Gasteiger partial charge in [-0.3, -0.25) is 4.98 Å². The molecule has 1 amide bonds. The Labute approximate surface area is 192 Å². The third kappa shape index (κ3) is 5.53. The number of pyridine rings is 1. The third-order valence-corrected chi connectivity index (χ3v) is 5.27. The van der Waals surface area contributed by atoms with E-state index in [0.717, 1.165) is 35.3 Å². The van der Waals surface area contributed by atoms with E-state index in [1.54, 1.807) is 12.4 Å². The quantitative estimate of drug-likeness (QED) is 0.558. The molecule has 1 atom stereocenters. The molecule has 0 aliphatic heterocycles. The van der Waals surface area contributed by atoms with E-state index in [0.29, 0.717) is 23.1 Å². The molecule has 0 saturated carbocycles. The lowest BCUT2D eigenvalue weighted by molar-refractivity contribution is 0.0500. The number of nitrogens with one attached hydrogen (secondary N) is 2. The van der Waals surface area contributed by atoms with Crippen LogP contribution in [0.3, 0.4) is 0 Å². The standard InChI is InChI=1S/C24H26ClN5O2/c1-24(2,3)32-23(31)28-18-10-11-20-19(13-18)22(27-17-8-6-16(25)7-9-17)30-21(29-20)15-5-4-12-26-14-15/h4-9,12,14,18H,10-11,13H2,1-3H3,(H,28,31)(H,27,29,30)/t18-/m0/s1. The fourth-order valence-electron chi connectivity index (χ4n) is 3.61. The highest BCUT2D eigenvalue weighted by Gasteiger charge is 2.27. The average Bonchev–Trinajstić information content (AvgIpc) is 2.75. The van der Waals surface area contributed by atoms with Crippen molar-refractivity contribution < 1.29 is 9.53 Å². The van der Waals surface area contributed by atoms with Crippen molar-refractivity contribution in [2.75, 3.05) is 5.32 Å². The first-order valence-corrected chi connectivity index (χ1v) is 11.0. The Bertz CT molecular complexity index is 1100. The van der Waals surface area contributed by atoms with Crippen LogP contribution < -0.4 is 10.6 Å². The maximum absolute atomic E-state index is 12.3. The van der Waals surface area contributed by atoms with E-state index in [1.165, 1.54) is 0 Å². The molecule has 1 aliphatic carbocycles. The Balaban J connectivity index is 1.64. The first kappa shape index (κ1) is 22.0. The average molecular weight is 452 g/mol. The van der Waals surface area contributed by atoms with Crippen LogP contribution >= 0.6 is 11.6 Å². The fraction of sp³-hybridized carbons (Fsp3) is 0.333. The first-order chi connectivity index (χ1) is 15.3. The van der Waals surface area contributed by atoms with Gasteiger partial charge in [-0.25, -0.2) is 14.8 Å². The van der Waals surface area contributed by atoms with Gasteiger partial charge in [-0.15, -0.1) is 0 Å². The lowest BCUT2D eigenvalue weighted by atomic mass is 9.91. The number of benzene rings is 1. The van der Waals surface area contributed by atoms with Gasteiger partial charge in [0.15, 0.2) is 5.82 Å². The summed E-state index contributed by atoms with van der Waals surface area (Å²) in [5.41, 5.74) is 3.13. The normalized spacial score (nSPS) is 15.6. The van der Waals surface area contributed by atoms with Gasteiger partial charge >= 0.3 is 6.09 Å². The van der Waals surface area contributed by atoms with Crippen molar-refractivity contribution in [1.82, 2.24) is 20.3 Å². The smallest absolute Gasteiger partial charge is 0.407 e. The second-order valence-electron chi connectivity index (χ2n) is 8.78. The summed E-state index contributed by atoms with van der Waals surface area (Å²) in [4.78, 5) is 26.1. The van der Waals surface area contributed by atoms with Crippen molar-refractivity contribution in [1.29, 1.82) is 0 Å². The van der Waals surface area contributed by atoms with Crippen molar-refractivity contribution in [2.45, 2.75) is 51.7 Å². The molecule has 3 aromatic rings. The molecule has 166 valence electrons. The highest BCUT2D eigenvalue weighted by Crippen LogP contribution is 2.31. The molecule has 4 rings (SSSR count). The molecule has 0 spiro atoms. The Morgan fingerprint density at radius 1 is 1.16 bits per heavy atom. The number of anilines is 2. The summed E-state index contributed by atoms with van der Waals surface area (Å²) < 4.78 is 5.43. The van der Waals surface area contributed by atoms with E-state index >= 15 is 0 Å². The molecule has 7 nitrogen and oxygen atoms in total. The van der Waals surface area contributed by atoms with E-state index in [9.17, 15) is 4.79 Å². The van der Waals surface area contributed by atoms with Gasteiger partial charge in [-0.1, -0.05) is 11.6 Å². The number of aryl methyl sites for hydroxylation is 1. The summed E-state index contributed by atoms with van der Waals surface area (Å²) in [6, 6.07) is 11.2. The number of ether oxygens (including phenoxy) is 1. The van der Waals surface area contributed by atoms with E-state index in [2.05, 4.69) is 15.6 Å². The number of fused-ring (bicyclic) bond motifs is 1. The predicted molar refractivity (Wildman–Crippen MR) is 125 cm³/mol. The topological polar surface area (TPSA) is 89.0 Å². The van der Waals surface area contributed by atoms with Crippen molar-refractivity contribution in [3.05, 3.63) is 65.1 Å². The number of hydrogen-bond acceptors (Lipinski definition) is 6. The lowest BCUT2D eigenvalue weighted by Crippen LogP contribution is -2.42. The van der Waals surface area contributed by atoms with E-state index in [4.69, 9.17) is 26.3 Å². The van der Waals surface area contributed by atoms with Crippen LogP contribution in [0, 0.1) is 0 Å². The van der Waals surface area contributed by atoms with E-state index < -0.39 is 11.7 Å². The number of halogens is 1. The molecule has 2 aromatic heterocycles. The highest BCUT2D eigenvalue weighted by atomic mass is 35.5. The zero-order valence-corrected chi connectivity index (χ0v) is 19.1. The van der Waals surface area contributed by atoms with Crippen LogP contribution in [0.1, 0.15) is 38.4 Å². The molecule has 32 heavy (non-hydrogen) atoms. The van der Waals surface area contributed by atoms with Gasteiger partial charge in [-0.05, 0) is 76.4 Å². The minimum Gasteiger partial charge on any atom is -0.444 e. The number of hydrogen-bond donors (Lipinski definition) is 2. The van der Waals surface area contributed by atoms with Crippen LogP contribution in [0.15, 0.2) is 48.8 Å². The summed E-state index contributed by atoms with van der Waals surface area (Å²) in [7, 11) is 0. The van der Waals surface area contributed by atoms with Crippen LogP contribution in [0.5, 0.6) is 0 Å². The van der Waals surface area contributed by atoms with Crippen molar-refractivity contribution in [3.8, 4) is 11.4 Å². The molecular weight excluding hydrogens is 426 g/mol. The summed E-state index contributed by atoms with van der Waals surface area (Å²) in [5, 5.41) is 7.06. The number of nitrogens with zero attached hydrogens (tertiary/aromatic N) is 3. The minimum atomic E-state index is -0.542. The van der Waals surface area contributed by atoms with Crippen LogP contribution in [-0.2, 0) is 17.6 Å². The Kier molecular flexibility index (Phi) is 6.28. The van der Waals surface area contributed by atoms with Gasteiger partial charge in [-0.2, -0.15) is 0 Å². The number of rotatable bonds is 4. The summed E-state index contributed by atoms with van der Waals surface area (Å²) >= 11 is 6.04. The number of alkyl carbamates (subject to hydrolysis) is 1. The maximum Gasteiger partial charge on any atom is 0.407 e. The molecular formula is C24H26ClN5O2. The SMILES string of the molecule is CC(C)(C)OC(=O)N[C@H]1CCc2nc(-c3cccnc3)nc(Nc3ccc(Cl)cc3)c2C1. The fourth-order valence-corrected chi connectivity index (χ4v) is 3.73. The van der Waals surface area contributed by atoms with Gasteiger partial charge < -0.3 is 15.4 Å². The molecule has 1 aromatic carbocycles. The van der Waals surface area contributed by atoms with Crippen molar-refractivity contribution in [2.24, 2.45) is 0 Å². The maximum atomic E-state index is 12.3. The molecule has 0 radical (unpaired) electrons. The molecule has 0 unspecified atom stereocenters. The molecule has 8 heteroatoms. The molecule has 2 N–H and O–H groups in total. The van der Waals surface area contributed by atoms with Gasteiger partial charge in [0.05, 0.1) is 0 Å². The monoisotopic (exact) mass is 451 g/mol. The Hall–Kier alpha value is -3.19. The second kappa shape index (κ2) is 9.12. The van der Waals surface area contributed by atoms with E-state index in [-0.39, 0.29) is 6.04 Å². The zero-order valence-electron chi connectivity index (χ0n) is 18.4. The molecule has 0 fully saturated rings. The van der Waals surface area contributed by atoms with Gasteiger partial charge in [0, 0.05) is 46.0 Å².